The van der Waals surface area contributed by atoms with Crippen molar-refractivity contribution in [2.24, 2.45) is 12.8 Å². The highest BCUT2D eigenvalue weighted by molar-refractivity contribution is 5.73. The molecule has 5 nitrogen and oxygen atoms in total. The smallest absolute Gasteiger partial charge is 0.408 e. The zero-order valence-electron chi connectivity index (χ0n) is 10.8. The maximum Gasteiger partial charge on any atom is 0.419 e. The second kappa shape index (κ2) is 5.37. The van der Waals surface area contributed by atoms with E-state index in [2.05, 4.69) is 5.32 Å². The Kier molecular flexibility index (Phi) is 3.84. The Bertz CT molecular complexity index is 583. The Balaban J connectivity index is 2.06. The molecular formula is C13H19N3O2. The van der Waals surface area contributed by atoms with Gasteiger partial charge in [0.15, 0.2) is 5.58 Å². The molecule has 2 aromatic rings. The van der Waals surface area contributed by atoms with E-state index in [0.29, 0.717) is 5.58 Å². The van der Waals surface area contributed by atoms with Crippen molar-refractivity contribution in [3.63, 3.8) is 0 Å². The van der Waals surface area contributed by atoms with Gasteiger partial charge in [-0.3, -0.25) is 4.57 Å². The summed E-state index contributed by atoms with van der Waals surface area (Å²) in [4.78, 5) is 11.4. The lowest BCUT2D eigenvalue weighted by Gasteiger charge is -2.07. The van der Waals surface area contributed by atoms with E-state index in [4.69, 9.17) is 10.2 Å². The summed E-state index contributed by atoms with van der Waals surface area (Å²) in [6.07, 6.45) is 0.951. The molecule has 0 saturated heterocycles. The zero-order valence-corrected chi connectivity index (χ0v) is 10.8. The van der Waals surface area contributed by atoms with Crippen LogP contribution in [0, 0.1) is 0 Å². The average Bonchev–Trinajstić information content (AvgIpc) is 2.61. The maximum atomic E-state index is 11.4. The van der Waals surface area contributed by atoms with Crippen molar-refractivity contribution in [3.8, 4) is 0 Å². The second-order valence-corrected chi connectivity index (χ2v) is 4.67. The number of fused-ring (bicyclic) bond motifs is 1. The molecule has 0 bridgehead atoms. The Morgan fingerprint density at radius 2 is 2.28 bits per heavy atom. The SMILES string of the molecule is CC(N)CCNCc1ccc2oc(=O)n(C)c2c1. The van der Waals surface area contributed by atoms with Crippen molar-refractivity contribution >= 4 is 11.1 Å². The van der Waals surface area contributed by atoms with Crippen LogP contribution in [0.5, 0.6) is 0 Å². The number of benzene rings is 1. The zero-order chi connectivity index (χ0) is 13.1. The van der Waals surface area contributed by atoms with E-state index in [-0.39, 0.29) is 11.8 Å². The van der Waals surface area contributed by atoms with Crippen LogP contribution in [-0.4, -0.2) is 17.2 Å². The van der Waals surface area contributed by atoms with E-state index >= 15 is 0 Å². The lowest BCUT2D eigenvalue weighted by atomic mass is 10.2. The summed E-state index contributed by atoms with van der Waals surface area (Å²) in [6, 6.07) is 5.98. The van der Waals surface area contributed by atoms with Gasteiger partial charge in [-0.05, 0) is 37.6 Å². The van der Waals surface area contributed by atoms with Crippen molar-refractivity contribution in [1.82, 2.24) is 9.88 Å². The Morgan fingerprint density at radius 1 is 1.50 bits per heavy atom. The molecule has 98 valence electrons. The van der Waals surface area contributed by atoms with Gasteiger partial charge in [0, 0.05) is 19.6 Å². The number of rotatable bonds is 5. The average molecular weight is 249 g/mol. The van der Waals surface area contributed by atoms with E-state index in [1.54, 1.807) is 7.05 Å². The lowest BCUT2D eigenvalue weighted by molar-refractivity contribution is 0.528. The van der Waals surface area contributed by atoms with E-state index in [1.807, 2.05) is 25.1 Å². The first kappa shape index (κ1) is 12.9. The van der Waals surface area contributed by atoms with E-state index in [9.17, 15) is 4.79 Å². The standard InChI is InChI=1S/C13H19N3O2/c1-9(14)5-6-15-8-10-3-4-12-11(7-10)16(2)13(17)18-12/h3-4,7,9,15H,5-6,8,14H2,1-2H3. The van der Waals surface area contributed by atoms with Gasteiger partial charge < -0.3 is 15.5 Å². The monoisotopic (exact) mass is 249 g/mol. The summed E-state index contributed by atoms with van der Waals surface area (Å²) in [5.41, 5.74) is 8.26. The highest BCUT2D eigenvalue weighted by Gasteiger charge is 2.06. The third-order valence-electron chi connectivity index (χ3n) is 2.96. The number of nitrogens with zero attached hydrogens (tertiary/aromatic N) is 1. The summed E-state index contributed by atoms with van der Waals surface area (Å²) < 4.78 is 6.60. The van der Waals surface area contributed by atoms with Crippen LogP contribution in [-0.2, 0) is 13.6 Å². The molecule has 0 spiro atoms. The van der Waals surface area contributed by atoms with Crippen molar-refractivity contribution in [3.05, 3.63) is 34.3 Å². The van der Waals surface area contributed by atoms with E-state index < -0.39 is 0 Å². The largest absolute Gasteiger partial charge is 0.419 e. The maximum absolute atomic E-state index is 11.4. The number of nitrogens with two attached hydrogens (primary N) is 1. The molecule has 0 amide bonds. The van der Waals surface area contributed by atoms with Gasteiger partial charge in [-0.2, -0.15) is 0 Å². The first-order chi connectivity index (χ1) is 8.58. The van der Waals surface area contributed by atoms with E-state index in [0.717, 1.165) is 30.6 Å². The Labute approximate surface area is 106 Å². The van der Waals surface area contributed by atoms with Crippen LogP contribution in [0.2, 0.25) is 0 Å². The molecule has 5 heteroatoms. The lowest BCUT2D eigenvalue weighted by Crippen LogP contribution is -2.23. The Hall–Kier alpha value is -1.59. The Morgan fingerprint density at radius 3 is 3.00 bits per heavy atom. The van der Waals surface area contributed by atoms with Crippen LogP contribution in [0.25, 0.3) is 11.1 Å². The van der Waals surface area contributed by atoms with Crippen molar-refractivity contribution in [2.75, 3.05) is 6.54 Å². The van der Waals surface area contributed by atoms with E-state index in [1.165, 1.54) is 4.57 Å². The predicted molar refractivity (Wildman–Crippen MR) is 71.4 cm³/mol. The van der Waals surface area contributed by atoms with Gasteiger partial charge in [-0.25, -0.2) is 4.79 Å². The van der Waals surface area contributed by atoms with Gasteiger partial charge in [0.05, 0.1) is 5.52 Å². The first-order valence-corrected chi connectivity index (χ1v) is 6.12. The van der Waals surface area contributed by atoms with Crippen LogP contribution in [0.15, 0.2) is 27.4 Å². The number of aryl methyl sites for hydroxylation is 1. The van der Waals surface area contributed by atoms with Crippen LogP contribution in [0.4, 0.5) is 0 Å². The van der Waals surface area contributed by atoms with Gasteiger partial charge in [0.2, 0.25) is 0 Å². The molecule has 0 fully saturated rings. The van der Waals surface area contributed by atoms with Crippen molar-refractivity contribution in [1.29, 1.82) is 0 Å². The first-order valence-electron chi connectivity index (χ1n) is 6.12. The number of aromatic nitrogens is 1. The number of hydrogen-bond acceptors (Lipinski definition) is 4. The van der Waals surface area contributed by atoms with Crippen LogP contribution in [0.1, 0.15) is 18.9 Å². The summed E-state index contributed by atoms with van der Waals surface area (Å²) in [5, 5.41) is 3.33. The normalized spacial score (nSPS) is 13.1. The highest BCUT2D eigenvalue weighted by Crippen LogP contribution is 2.14. The minimum Gasteiger partial charge on any atom is -0.408 e. The number of hydrogen-bond donors (Lipinski definition) is 2. The topological polar surface area (TPSA) is 73.2 Å². The van der Waals surface area contributed by atoms with Gasteiger partial charge in [0.1, 0.15) is 0 Å². The third-order valence-corrected chi connectivity index (χ3v) is 2.96. The molecule has 0 aliphatic rings. The second-order valence-electron chi connectivity index (χ2n) is 4.67. The van der Waals surface area contributed by atoms with Crippen LogP contribution in [0.3, 0.4) is 0 Å². The molecular weight excluding hydrogens is 230 g/mol. The molecule has 1 aromatic carbocycles. The molecule has 3 N–H and O–H groups in total. The minimum atomic E-state index is -0.327. The van der Waals surface area contributed by atoms with Crippen molar-refractivity contribution in [2.45, 2.75) is 25.9 Å². The van der Waals surface area contributed by atoms with Gasteiger partial charge >= 0.3 is 5.76 Å². The van der Waals surface area contributed by atoms with Crippen molar-refractivity contribution < 1.29 is 4.42 Å². The molecule has 1 aromatic heterocycles. The summed E-state index contributed by atoms with van der Waals surface area (Å²) >= 11 is 0. The number of nitrogens with one attached hydrogen (secondary N) is 1. The molecule has 0 aliphatic carbocycles. The highest BCUT2D eigenvalue weighted by atomic mass is 16.4. The fourth-order valence-electron chi connectivity index (χ4n) is 1.84. The molecule has 0 aliphatic heterocycles. The van der Waals surface area contributed by atoms with Gasteiger partial charge in [0.25, 0.3) is 0 Å². The van der Waals surface area contributed by atoms with Gasteiger partial charge in [-0.15, -0.1) is 0 Å². The van der Waals surface area contributed by atoms with Crippen LogP contribution >= 0.6 is 0 Å². The molecule has 0 saturated carbocycles. The third kappa shape index (κ3) is 2.80. The number of oxazole rings is 1. The van der Waals surface area contributed by atoms with Gasteiger partial charge in [-0.1, -0.05) is 6.07 Å². The molecule has 18 heavy (non-hydrogen) atoms. The summed E-state index contributed by atoms with van der Waals surface area (Å²) in [7, 11) is 1.71. The molecule has 2 rings (SSSR count). The molecule has 1 heterocycles. The fraction of sp³-hybridized carbons (Fsp3) is 0.462. The minimum absolute atomic E-state index is 0.217. The van der Waals surface area contributed by atoms with Crippen LogP contribution < -0.4 is 16.8 Å². The molecule has 1 atom stereocenters. The summed E-state index contributed by atoms with van der Waals surface area (Å²) in [5.74, 6) is -0.327. The fourth-order valence-corrected chi connectivity index (χ4v) is 1.84. The quantitative estimate of drug-likeness (QED) is 0.774. The predicted octanol–water partition coefficient (Wildman–Crippen LogP) is 0.958. The summed E-state index contributed by atoms with van der Waals surface area (Å²) in [6.45, 7) is 3.65. The molecule has 0 radical (unpaired) electrons. The molecule has 1 unspecified atom stereocenters.